The first-order valence-corrected chi connectivity index (χ1v) is 7.54. The molecule has 1 N–H and O–H groups in total. The summed E-state index contributed by atoms with van der Waals surface area (Å²) in [5.74, 6) is 0.172. The fraction of sp³-hybridized carbons (Fsp3) is 0.389. The van der Waals surface area contributed by atoms with E-state index in [0.717, 1.165) is 23.9 Å². The number of unbranched alkanes of at least 4 members (excludes halogenated alkanes) is 3. The van der Waals surface area contributed by atoms with E-state index in [1.54, 1.807) is 0 Å². The van der Waals surface area contributed by atoms with Gasteiger partial charge < -0.3 is 5.32 Å². The Balaban J connectivity index is 1.84. The highest BCUT2D eigenvalue weighted by atomic mass is 16.1. The molecule has 0 fully saturated rings. The van der Waals surface area contributed by atoms with Crippen LogP contribution in [0.5, 0.6) is 0 Å². The van der Waals surface area contributed by atoms with Crippen molar-refractivity contribution in [1.82, 2.24) is 5.32 Å². The SMILES string of the molecule is CCCCCCNCC(=O)c1ccc2ccccc2c1. The van der Waals surface area contributed by atoms with Gasteiger partial charge in [0.2, 0.25) is 0 Å². The molecule has 2 aromatic rings. The van der Waals surface area contributed by atoms with Crippen LogP contribution < -0.4 is 5.32 Å². The normalized spacial score (nSPS) is 10.8. The van der Waals surface area contributed by atoms with Crippen molar-refractivity contribution in [2.75, 3.05) is 13.1 Å². The van der Waals surface area contributed by atoms with E-state index in [2.05, 4.69) is 18.3 Å². The molecule has 0 saturated heterocycles. The summed E-state index contributed by atoms with van der Waals surface area (Å²) in [5, 5.41) is 5.54. The van der Waals surface area contributed by atoms with Crippen molar-refractivity contribution in [2.24, 2.45) is 0 Å². The van der Waals surface area contributed by atoms with Gasteiger partial charge >= 0.3 is 0 Å². The first kappa shape index (κ1) is 14.7. The molecule has 2 aromatic carbocycles. The molecule has 0 aliphatic carbocycles. The molecule has 2 rings (SSSR count). The van der Waals surface area contributed by atoms with Crippen molar-refractivity contribution >= 4 is 16.6 Å². The van der Waals surface area contributed by atoms with Gasteiger partial charge in [-0.1, -0.05) is 62.6 Å². The maximum absolute atomic E-state index is 12.1. The zero-order valence-electron chi connectivity index (χ0n) is 12.2. The Labute approximate surface area is 121 Å². The fourth-order valence-corrected chi connectivity index (χ4v) is 2.34. The maximum Gasteiger partial charge on any atom is 0.176 e. The molecule has 0 bridgehead atoms. The predicted molar refractivity (Wildman–Crippen MR) is 85.3 cm³/mol. The van der Waals surface area contributed by atoms with E-state index in [9.17, 15) is 4.79 Å². The Morgan fingerprint density at radius 2 is 1.80 bits per heavy atom. The molecule has 0 amide bonds. The van der Waals surface area contributed by atoms with E-state index in [0.29, 0.717) is 6.54 Å². The van der Waals surface area contributed by atoms with Crippen molar-refractivity contribution in [2.45, 2.75) is 32.6 Å². The summed E-state index contributed by atoms with van der Waals surface area (Å²) in [4.78, 5) is 12.1. The van der Waals surface area contributed by atoms with Crippen LogP contribution in [0.1, 0.15) is 43.0 Å². The minimum absolute atomic E-state index is 0.172. The minimum Gasteiger partial charge on any atom is -0.310 e. The number of hydrogen-bond donors (Lipinski definition) is 1. The molecule has 2 heteroatoms. The molecule has 0 spiro atoms. The van der Waals surface area contributed by atoms with Gasteiger partial charge in [0.1, 0.15) is 0 Å². The predicted octanol–water partition coefficient (Wildman–Crippen LogP) is 4.19. The van der Waals surface area contributed by atoms with E-state index in [-0.39, 0.29) is 5.78 Å². The van der Waals surface area contributed by atoms with Gasteiger partial charge in [0.25, 0.3) is 0 Å². The smallest absolute Gasteiger partial charge is 0.176 e. The number of carbonyl (C=O) groups excluding carboxylic acids is 1. The van der Waals surface area contributed by atoms with Crippen LogP contribution in [0.3, 0.4) is 0 Å². The highest BCUT2D eigenvalue weighted by Crippen LogP contribution is 2.15. The summed E-state index contributed by atoms with van der Waals surface area (Å²) < 4.78 is 0. The highest BCUT2D eigenvalue weighted by molar-refractivity contribution is 6.01. The third kappa shape index (κ3) is 4.17. The van der Waals surface area contributed by atoms with Crippen LogP contribution in [-0.4, -0.2) is 18.9 Å². The second-order valence-electron chi connectivity index (χ2n) is 5.22. The largest absolute Gasteiger partial charge is 0.310 e. The molecule has 20 heavy (non-hydrogen) atoms. The number of Topliss-reactive ketones (excluding diaryl/α,β-unsaturated/α-hetero) is 1. The third-order valence-electron chi connectivity index (χ3n) is 3.56. The maximum atomic E-state index is 12.1. The molecule has 0 heterocycles. The van der Waals surface area contributed by atoms with Crippen molar-refractivity contribution in [1.29, 1.82) is 0 Å². The summed E-state index contributed by atoms with van der Waals surface area (Å²) >= 11 is 0. The van der Waals surface area contributed by atoms with Crippen LogP contribution in [0, 0.1) is 0 Å². The number of nitrogens with one attached hydrogen (secondary N) is 1. The molecular weight excluding hydrogens is 246 g/mol. The van der Waals surface area contributed by atoms with Crippen LogP contribution >= 0.6 is 0 Å². The van der Waals surface area contributed by atoms with Gasteiger partial charge in [-0.2, -0.15) is 0 Å². The molecule has 0 aromatic heterocycles. The van der Waals surface area contributed by atoms with Gasteiger partial charge in [-0.15, -0.1) is 0 Å². The van der Waals surface area contributed by atoms with E-state index in [1.807, 2.05) is 36.4 Å². The number of hydrogen-bond acceptors (Lipinski definition) is 2. The summed E-state index contributed by atoms with van der Waals surface area (Å²) in [5.41, 5.74) is 0.796. The van der Waals surface area contributed by atoms with Crippen molar-refractivity contribution in [3.8, 4) is 0 Å². The Bertz CT molecular complexity index is 562. The van der Waals surface area contributed by atoms with E-state index in [4.69, 9.17) is 0 Å². The Kier molecular flexibility index (Phi) is 5.75. The number of benzene rings is 2. The van der Waals surface area contributed by atoms with Gasteiger partial charge in [-0.3, -0.25) is 4.79 Å². The number of carbonyl (C=O) groups is 1. The summed E-state index contributed by atoms with van der Waals surface area (Å²) in [7, 11) is 0. The van der Waals surface area contributed by atoms with Crippen LogP contribution in [0.2, 0.25) is 0 Å². The average Bonchev–Trinajstić information content (AvgIpc) is 2.50. The van der Waals surface area contributed by atoms with Crippen LogP contribution in [0.4, 0.5) is 0 Å². The lowest BCUT2D eigenvalue weighted by molar-refractivity contribution is 0.0991. The highest BCUT2D eigenvalue weighted by Gasteiger charge is 2.05. The first-order chi connectivity index (χ1) is 9.81. The molecule has 0 atom stereocenters. The fourth-order valence-electron chi connectivity index (χ4n) is 2.34. The van der Waals surface area contributed by atoms with Crippen LogP contribution in [0.25, 0.3) is 10.8 Å². The van der Waals surface area contributed by atoms with Crippen molar-refractivity contribution < 1.29 is 4.79 Å². The lowest BCUT2D eigenvalue weighted by Gasteiger charge is -2.05. The monoisotopic (exact) mass is 269 g/mol. The second-order valence-corrected chi connectivity index (χ2v) is 5.22. The van der Waals surface area contributed by atoms with E-state index in [1.165, 1.54) is 24.6 Å². The van der Waals surface area contributed by atoms with Crippen molar-refractivity contribution in [3.63, 3.8) is 0 Å². The molecule has 0 radical (unpaired) electrons. The summed E-state index contributed by atoms with van der Waals surface area (Å²) in [6.07, 6.45) is 4.92. The van der Waals surface area contributed by atoms with Gasteiger partial charge in [-0.05, 0) is 29.8 Å². The lowest BCUT2D eigenvalue weighted by atomic mass is 10.0. The number of ketones is 1. The lowest BCUT2D eigenvalue weighted by Crippen LogP contribution is -2.24. The molecule has 0 aliphatic heterocycles. The molecule has 106 valence electrons. The first-order valence-electron chi connectivity index (χ1n) is 7.54. The van der Waals surface area contributed by atoms with Gasteiger partial charge in [0.15, 0.2) is 5.78 Å². The second kappa shape index (κ2) is 7.81. The van der Waals surface area contributed by atoms with Gasteiger partial charge in [0, 0.05) is 5.56 Å². The van der Waals surface area contributed by atoms with Gasteiger partial charge in [-0.25, -0.2) is 0 Å². The van der Waals surface area contributed by atoms with Crippen molar-refractivity contribution in [3.05, 3.63) is 48.0 Å². The quantitative estimate of drug-likeness (QED) is 0.575. The number of rotatable bonds is 8. The van der Waals surface area contributed by atoms with Crippen LogP contribution in [0.15, 0.2) is 42.5 Å². The Hall–Kier alpha value is -1.67. The zero-order valence-corrected chi connectivity index (χ0v) is 12.2. The minimum atomic E-state index is 0.172. The van der Waals surface area contributed by atoms with E-state index < -0.39 is 0 Å². The summed E-state index contributed by atoms with van der Waals surface area (Å²) in [6.45, 7) is 3.57. The van der Waals surface area contributed by atoms with Crippen LogP contribution in [-0.2, 0) is 0 Å². The Morgan fingerprint density at radius 3 is 2.60 bits per heavy atom. The summed E-state index contributed by atoms with van der Waals surface area (Å²) in [6, 6.07) is 14.0. The molecular formula is C18H23NO. The van der Waals surface area contributed by atoms with E-state index >= 15 is 0 Å². The average molecular weight is 269 g/mol. The zero-order chi connectivity index (χ0) is 14.2. The number of fused-ring (bicyclic) bond motifs is 1. The Morgan fingerprint density at radius 1 is 1.00 bits per heavy atom. The molecule has 0 unspecified atom stereocenters. The molecule has 0 saturated carbocycles. The molecule has 2 nitrogen and oxygen atoms in total. The molecule has 0 aliphatic rings. The van der Waals surface area contributed by atoms with Gasteiger partial charge in [0.05, 0.1) is 6.54 Å². The topological polar surface area (TPSA) is 29.1 Å². The standard InChI is InChI=1S/C18H23NO/c1-2-3-4-7-12-19-14-18(20)17-11-10-15-8-5-6-9-16(15)13-17/h5-6,8-11,13,19H,2-4,7,12,14H2,1H3. The third-order valence-corrected chi connectivity index (χ3v) is 3.56.